The number of aliphatic hydroxyl groups excluding tert-OH is 2. The molecule has 3 saturated carbocycles. The summed E-state index contributed by atoms with van der Waals surface area (Å²) >= 11 is 0. The Labute approximate surface area is 181 Å². The summed E-state index contributed by atoms with van der Waals surface area (Å²) in [5.74, 6) is 0.867. The van der Waals surface area contributed by atoms with Crippen LogP contribution in [0.15, 0.2) is 11.1 Å². The highest BCUT2D eigenvalue weighted by Gasteiger charge is 2.69. The number of aliphatic hydroxyl groups is 2. The second-order valence-corrected chi connectivity index (χ2v) is 12.5. The Balaban J connectivity index is 1.62. The first-order valence-corrected chi connectivity index (χ1v) is 12.3. The molecular formula is C26H40O4. The Bertz CT molecular complexity index is 799. The van der Waals surface area contributed by atoms with E-state index in [1.807, 2.05) is 6.92 Å². The van der Waals surface area contributed by atoms with E-state index < -0.39 is 11.5 Å². The summed E-state index contributed by atoms with van der Waals surface area (Å²) in [7, 11) is 0. The van der Waals surface area contributed by atoms with E-state index in [-0.39, 0.29) is 40.8 Å². The van der Waals surface area contributed by atoms with Crippen LogP contribution in [0.5, 0.6) is 0 Å². The third-order valence-electron chi connectivity index (χ3n) is 11.1. The van der Waals surface area contributed by atoms with Crippen molar-refractivity contribution in [2.45, 2.75) is 98.2 Å². The summed E-state index contributed by atoms with van der Waals surface area (Å²) in [6.45, 7) is 11.5. The zero-order valence-electron chi connectivity index (χ0n) is 19.5. The average Bonchev–Trinajstić information content (AvgIpc) is 2.97. The van der Waals surface area contributed by atoms with Crippen LogP contribution in [0.2, 0.25) is 0 Å². The van der Waals surface area contributed by atoms with Gasteiger partial charge in [0, 0.05) is 23.0 Å². The predicted octanol–water partition coefficient (Wildman–Crippen LogP) is 4.63. The average molecular weight is 417 g/mol. The molecule has 0 radical (unpaired) electrons. The Morgan fingerprint density at radius 2 is 1.77 bits per heavy atom. The SMILES string of the molecule is CC1OC(=O)C2=C1CCC1C3(C)CCC4C(C)(C)CCCC4(CO)C3CC(O)C21C. The van der Waals surface area contributed by atoms with E-state index in [1.54, 1.807) is 0 Å². The number of cyclic esters (lactones) is 1. The molecule has 0 aromatic carbocycles. The molecule has 3 fully saturated rings. The number of hydrogen-bond donors (Lipinski definition) is 2. The molecular weight excluding hydrogens is 376 g/mol. The fourth-order valence-electron chi connectivity index (χ4n) is 9.78. The molecule has 5 rings (SSSR count). The van der Waals surface area contributed by atoms with Crippen LogP contribution < -0.4 is 0 Å². The zero-order valence-corrected chi connectivity index (χ0v) is 19.5. The molecule has 0 spiro atoms. The van der Waals surface area contributed by atoms with Crippen LogP contribution in [0.3, 0.4) is 0 Å². The Morgan fingerprint density at radius 1 is 1.03 bits per heavy atom. The van der Waals surface area contributed by atoms with Crippen molar-refractivity contribution in [3.05, 3.63) is 11.1 Å². The number of fused-ring (bicyclic) bond motifs is 6. The van der Waals surface area contributed by atoms with E-state index in [2.05, 4.69) is 27.7 Å². The van der Waals surface area contributed by atoms with Crippen LogP contribution >= 0.6 is 0 Å². The van der Waals surface area contributed by atoms with Crippen molar-refractivity contribution in [3.8, 4) is 0 Å². The molecule has 8 atom stereocenters. The van der Waals surface area contributed by atoms with Crippen LogP contribution in [-0.2, 0) is 9.53 Å². The lowest BCUT2D eigenvalue weighted by Gasteiger charge is -2.70. The molecule has 4 nitrogen and oxygen atoms in total. The van der Waals surface area contributed by atoms with Gasteiger partial charge in [-0.2, -0.15) is 0 Å². The van der Waals surface area contributed by atoms with Crippen LogP contribution in [0, 0.1) is 39.4 Å². The highest BCUT2D eigenvalue weighted by atomic mass is 16.5. The topological polar surface area (TPSA) is 66.8 Å². The van der Waals surface area contributed by atoms with E-state index in [9.17, 15) is 15.0 Å². The third-order valence-corrected chi connectivity index (χ3v) is 11.1. The van der Waals surface area contributed by atoms with Crippen molar-refractivity contribution in [2.75, 3.05) is 6.61 Å². The Morgan fingerprint density at radius 3 is 2.47 bits per heavy atom. The van der Waals surface area contributed by atoms with Crippen LogP contribution in [0.1, 0.15) is 86.0 Å². The maximum absolute atomic E-state index is 12.9. The lowest BCUT2D eigenvalue weighted by Crippen LogP contribution is -2.66. The lowest BCUT2D eigenvalue weighted by atomic mass is 9.35. The number of carbonyl (C=O) groups is 1. The molecule has 5 aliphatic rings. The van der Waals surface area contributed by atoms with E-state index in [1.165, 1.54) is 6.42 Å². The van der Waals surface area contributed by atoms with Gasteiger partial charge in [0.15, 0.2) is 0 Å². The third kappa shape index (κ3) is 2.33. The van der Waals surface area contributed by atoms with E-state index in [4.69, 9.17) is 4.74 Å². The molecule has 0 aromatic heterocycles. The van der Waals surface area contributed by atoms with Gasteiger partial charge >= 0.3 is 5.97 Å². The zero-order chi connectivity index (χ0) is 21.7. The summed E-state index contributed by atoms with van der Waals surface area (Å²) < 4.78 is 5.63. The minimum Gasteiger partial charge on any atom is -0.455 e. The normalized spacial score (nSPS) is 52.1. The number of ether oxygens (including phenoxy) is 1. The standard InChI is InChI=1S/C26H40O4/c1-15-16-7-8-18-24(4)12-9-17-23(2,3)10-6-11-26(17,14-27)19(24)13-20(28)25(18,5)21(16)22(29)30-15/h15,17-20,27-28H,6-14H2,1-5H3. The van der Waals surface area contributed by atoms with Gasteiger partial charge in [-0.15, -0.1) is 0 Å². The fourth-order valence-corrected chi connectivity index (χ4v) is 9.78. The van der Waals surface area contributed by atoms with Gasteiger partial charge < -0.3 is 14.9 Å². The quantitative estimate of drug-likeness (QED) is 0.612. The summed E-state index contributed by atoms with van der Waals surface area (Å²) in [5, 5.41) is 22.5. The molecule has 0 bridgehead atoms. The van der Waals surface area contributed by atoms with E-state index in [0.717, 1.165) is 49.7 Å². The molecule has 0 amide bonds. The van der Waals surface area contributed by atoms with Crippen molar-refractivity contribution in [2.24, 2.45) is 39.4 Å². The maximum Gasteiger partial charge on any atom is 0.335 e. The first-order valence-electron chi connectivity index (χ1n) is 12.3. The molecule has 2 N–H and O–H groups in total. The molecule has 168 valence electrons. The van der Waals surface area contributed by atoms with Crippen molar-refractivity contribution < 1.29 is 19.7 Å². The van der Waals surface area contributed by atoms with Gasteiger partial charge in [-0.25, -0.2) is 4.79 Å². The number of carbonyl (C=O) groups excluding carboxylic acids is 1. The highest BCUT2D eigenvalue weighted by molar-refractivity contribution is 5.94. The number of rotatable bonds is 1. The summed E-state index contributed by atoms with van der Waals surface area (Å²) in [6.07, 6.45) is 7.63. The smallest absolute Gasteiger partial charge is 0.335 e. The van der Waals surface area contributed by atoms with Gasteiger partial charge in [0.25, 0.3) is 0 Å². The van der Waals surface area contributed by atoms with Gasteiger partial charge in [-0.3, -0.25) is 0 Å². The fraction of sp³-hybridized carbons (Fsp3) is 0.885. The molecule has 1 aliphatic heterocycles. The largest absolute Gasteiger partial charge is 0.455 e. The van der Waals surface area contributed by atoms with Gasteiger partial charge in [-0.05, 0) is 86.0 Å². The van der Waals surface area contributed by atoms with E-state index >= 15 is 0 Å². The van der Waals surface area contributed by atoms with Crippen LogP contribution in [0.4, 0.5) is 0 Å². The van der Waals surface area contributed by atoms with Gasteiger partial charge in [0.05, 0.1) is 6.10 Å². The second kappa shape index (κ2) is 6.34. The van der Waals surface area contributed by atoms with Crippen molar-refractivity contribution in [1.29, 1.82) is 0 Å². The van der Waals surface area contributed by atoms with Gasteiger partial charge in [-0.1, -0.05) is 34.1 Å². The molecule has 0 aromatic rings. The predicted molar refractivity (Wildman–Crippen MR) is 116 cm³/mol. The molecule has 1 heterocycles. The Hall–Kier alpha value is -0.870. The molecule has 30 heavy (non-hydrogen) atoms. The van der Waals surface area contributed by atoms with Crippen LogP contribution in [0.25, 0.3) is 0 Å². The molecule has 4 heteroatoms. The van der Waals surface area contributed by atoms with Crippen molar-refractivity contribution >= 4 is 5.97 Å². The molecule has 8 unspecified atom stereocenters. The van der Waals surface area contributed by atoms with Crippen molar-refractivity contribution in [3.63, 3.8) is 0 Å². The van der Waals surface area contributed by atoms with E-state index in [0.29, 0.717) is 18.3 Å². The summed E-state index contributed by atoms with van der Waals surface area (Å²) in [6, 6.07) is 0. The highest BCUT2D eigenvalue weighted by Crippen LogP contribution is 2.73. The minimum absolute atomic E-state index is 0.0330. The maximum atomic E-state index is 12.9. The first-order chi connectivity index (χ1) is 14.0. The number of hydrogen-bond acceptors (Lipinski definition) is 4. The lowest BCUT2D eigenvalue weighted by molar-refractivity contribution is -0.233. The number of esters is 1. The summed E-state index contributed by atoms with van der Waals surface area (Å²) in [4.78, 5) is 12.9. The monoisotopic (exact) mass is 416 g/mol. The Kier molecular flexibility index (Phi) is 4.44. The minimum atomic E-state index is -0.559. The summed E-state index contributed by atoms with van der Waals surface area (Å²) in [5.41, 5.74) is 1.56. The van der Waals surface area contributed by atoms with Crippen LogP contribution in [-0.4, -0.2) is 35.0 Å². The first kappa shape index (κ1) is 21.0. The van der Waals surface area contributed by atoms with Gasteiger partial charge in [0.2, 0.25) is 0 Å². The second-order valence-electron chi connectivity index (χ2n) is 12.5. The van der Waals surface area contributed by atoms with Gasteiger partial charge in [0.1, 0.15) is 6.10 Å². The molecule has 0 saturated heterocycles. The molecule has 4 aliphatic carbocycles. The van der Waals surface area contributed by atoms with Crippen molar-refractivity contribution in [1.82, 2.24) is 0 Å².